The summed E-state index contributed by atoms with van der Waals surface area (Å²) in [4.78, 5) is 0.949. The first-order valence-corrected chi connectivity index (χ1v) is 3.02. The molecule has 1 atom stereocenters. The lowest BCUT2D eigenvalue weighted by molar-refractivity contribution is -0.208. The van der Waals surface area contributed by atoms with Crippen LogP contribution in [0.1, 0.15) is 11.8 Å². The van der Waals surface area contributed by atoms with Gasteiger partial charge < -0.3 is 5.11 Å². The number of nitrogens with zero attached hydrogens (tertiary/aromatic N) is 3. The van der Waals surface area contributed by atoms with Crippen molar-refractivity contribution in [2.75, 3.05) is 0 Å². The summed E-state index contributed by atoms with van der Waals surface area (Å²) in [6, 6.07) is 0. The molecule has 0 bridgehead atoms. The molecular weight excluding hydrogens is 175 g/mol. The molecule has 0 unspecified atom stereocenters. The normalized spacial score (nSPS) is 14.8. The van der Waals surface area contributed by atoms with Gasteiger partial charge in [0.1, 0.15) is 5.69 Å². The summed E-state index contributed by atoms with van der Waals surface area (Å²) in [6.45, 7) is 0. The minimum Gasteiger partial charge on any atom is -0.378 e. The predicted octanol–water partition coefficient (Wildman–Crippen LogP) is 0.411. The van der Waals surface area contributed by atoms with Crippen LogP contribution in [-0.2, 0) is 7.05 Å². The van der Waals surface area contributed by atoms with Crippen molar-refractivity contribution in [1.82, 2.24) is 15.0 Å². The Morgan fingerprint density at radius 1 is 1.58 bits per heavy atom. The molecule has 0 saturated carbocycles. The summed E-state index contributed by atoms with van der Waals surface area (Å²) in [5.41, 5.74) is -0.495. The standard InChI is InChI=1S/C5H6F3N3O/c1-11-9-2-3(10-11)4(12)5(6,7)8/h2,4,12H,1H3/t4-/m0/s1. The Balaban J connectivity index is 2.85. The SMILES string of the molecule is Cn1ncc([C@H](O)C(F)(F)F)n1. The van der Waals surface area contributed by atoms with Gasteiger partial charge in [0, 0.05) is 7.05 Å². The van der Waals surface area contributed by atoms with E-state index in [1.54, 1.807) is 0 Å². The zero-order valence-electron chi connectivity index (χ0n) is 6.08. The van der Waals surface area contributed by atoms with E-state index in [0.717, 1.165) is 11.0 Å². The van der Waals surface area contributed by atoms with Crippen molar-refractivity contribution < 1.29 is 18.3 Å². The molecular formula is C5H6F3N3O. The van der Waals surface area contributed by atoms with Crippen molar-refractivity contribution in [1.29, 1.82) is 0 Å². The van der Waals surface area contributed by atoms with E-state index in [1.165, 1.54) is 7.05 Å². The fourth-order valence-corrected chi connectivity index (χ4v) is 0.654. The van der Waals surface area contributed by atoms with Gasteiger partial charge >= 0.3 is 6.18 Å². The van der Waals surface area contributed by atoms with Gasteiger partial charge in [-0.1, -0.05) is 0 Å². The topological polar surface area (TPSA) is 50.9 Å². The molecule has 1 N–H and O–H groups in total. The number of alkyl halides is 3. The van der Waals surface area contributed by atoms with Gasteiger partial charge in [-0.15, -0.1) is 0 Å². The van der Waals surface area contributed by atoms with Crippen LogP contribution in [0.4, 0.5) is 13.2 Å². The van der Waals surface area contributed by atoms with Crippen LogP contribution in [0.3, 0.4) is 0 Å². The van der Waals surface area contributed by atoms with E-state index in [4.69, 9.17) is 5.11 Å². The molecule has 0 spiro atoms. The fraction of sp³-hybridized carbons (Fsp3) is 0.600. The van der Waals surface area contributed by atoms with E-state index in [9.17, 15) is 13.2 Å². The van der Waals surface area contributed by atoms with Crippen LogP contribution in [0.2, 0.25) is 0 Å². The first kappa shape index (κ1) is 8.98. The average molecular weight is 181 g/mol. The zero-order valence-corrected chi connectivity index (χ0v) is 6.08. The van der Waals surface area contributed by atoms with Crippen LogP contribution in [0.15, 0.2) is 6.20 Å². The van der Waals surface area contributed by atoms with Gasteiger partial charge in [-0.3, -0.25) is 0 Å². The van der Waals surface area contributed by atoms with Gasteiger partial charge in [0.25, 0.3) is 0 Å². The molecule has 4 nitrogen and oxygen atoms in total. The molecule has 1 heterocycles. The number of aryl methyl sites for hydroxylation is 1. The van der Waals surface area contributed by atoms with Gasteiger partial charge in [-0.25, -0.2) is 0 Å². The maximum absolute atomic E-state index is 11.8. The lowest BCUT2D eigenvalue weighted by atomic mass is 10.3. The highest BCUT2D eigenvalue weighted by atomic mass is 19.4. The number of hydrogen-bond donors (Lipinski definition) is 1. The monoisotopic (exact) mass is 181 g/mol. The highest BCUT2D eigenvalue weighted by Crippen LogP contribution is 2.30. The van der Waals surface area contributed by atoms with E-state index in [2.05, 4.69) is 10.2 Å². The minimum absolute atomic E-state index is 0.495. The van der Waals surface area contributed by atoms with Gasteiger partial charge in [0.05, 0.1) is 6.20 Å². The number of aromatic nitrogens is 3. The average Bonchev–Trinajstić information content (AvgIpc) is 2.32. The smallest absolute Gasteiger partial charge is 0.378 e. The van der Waals surface area contributed by atoms with E-state index in [1.807, 2.05) is 0 Å². The second-order valence-corrected chi connectivity index (χ2v) is 2.20. The number of aliphatic hydroxyl groups is 1. The van der Waals surface area contributed by atoms with Crippen molar-refractivity contribution in [3.05, 3.63) is 11.9 Å². The van der Waals surface area contributed by atoms with Gasteiger partial charge in [0.2, 0.25) is 0 Å². The van der Waals surface area contributed by atoms with Gasteiger partial charge in [0.15, 0.2) is 6.10 Å². The molecule has 68 valence electrons. The molecule has 0 saturated heterocycles. The molecule has 0 radical (unpaired) electrons. The van der Waals surface area contributed by atoms with Crippen LogP contribution in [0.5, 0.6) is 0 Å². The molecule has 0 aliphatic rings. The van der Waals surface area contributed by atoms with E-state index >= 15 is 0 Å². The van der Waals surface area contributed by atoms with Crippen molar-refractivity contribution in [3.8, 4) is 0 Å². The molecule has 1 rings (SSSR count). The maximum Gasteiger partial charge on any atom is 0.420 e. The quantitative estimate of drug-likeness (QED) is 0.682. The summed E-state index contributed by atoms with van der Waals surface area (Å²) in [5, 5.41) is 15.3. The summed E-state index contributed by atoms with van der Waals surface area (Å²) >= 11 is 0. The summed E-state index contributed by atoms with van der Waals surface area (Å²) in [7, 11) is 1.37. The van der Waals surface area contributed by atoms with Crippen molar-refractivity contribution in [2.24, 2.45) is 7.05 Å². The second kappa shape index (κ2) is 2.74. The Bertz CT molecular complexity index is 269. The highest BCUT2D eigenvalue weighted by Gasteiger charge is 2.41. The van der Waals surface area contributed by atoms with Crippen LogP contribution in [0.25, 0.3) is 0 Å². The largest absolute Gasteiger partial charge is 0.420 e. The van der Waals surface area contributed by atoms with E-state index < -0.39 is 18.0 Å². The van der Waals surface area contributed by atoms with E-state index in [-0.39, 0.29) is 0 Å². The molecule has 0 aliphatic heterocycles. The second-order valence-electron chi connectivity index (χ2n) is 2.20. The third kappa shape index (κ3) is 1.73. The van der Waals surface area contributed by atoms with Crippen molar-refractivity contribution in [3.63, 3.8) is 0 Å². The van der Waals surface area contributed by atoms with Gasteiger partial charge in [-0.2, -0.15) is 28.2 Å². The minimum atomic E-state index is -4.68. The Hall–Kier alpha value is -1.11. The number of halogens is 3. The Kier molecular flexibility index (Phi) is 2.05. The van der Waals surface area contributed by atoms with Crippen LogP contribution in [0, 0.1) is 0 Å². The lowest BCUT2D eigenvalue weighted by Crippen LogP contribution is -2.20. The molecule has 12 heavy (non-hydrogen) atoms. The predicted molar refractivity (Wildman–Crippen MR) is 32.0 cm³/mol. The molecule has 1 aromatic heterocycles. The molecule has 0 amide bonds. The number of aliphatic hydroxyl groups excluding tert-OH is 1. The summed E-state index contributed by atoms with van der Waals surface area (Å²) in [5.74, 6) is 0. The third-order valence-corrected chi connectivity index (χ3v) is 1.21. The van der Waals surface area contributed by atoms with Crippen molar-refractivity contribution in [2.45, 2.75) is 12.3 Å². The Morgan fingerprint density at radius 2 is 2.17 bits per heavy atom. The molecule has 7 heteroatoms. The Labute approximate surface area is 65.6 Å². The highest BCUT2D eigenvalue weighted by molar-refractivity contribution is 4.99. The molecule has 0 aromatic carbocycles. The van der Waals surface area contributed by atoms with Crippen molar-refractivity contribution >= 4 is 0 Å². The van der Waals surface area contributed by atoms with E-state index in [0.29, 0.717) is 0 Å². The third-order valence-electron chi connectivity index (χ3n) is 1.21. The van der Waals surface area contributed by atoms with Crippen LogP contribution in [-0.4, -0.2) is 26.3 Å². The van der Waals surface area contributed by atoms with Gasteiger partial charge in [-0.05, 0) is 0 Å². The number of rotatable bonds is 1. The summed E-state index contributed by atoms with van der Waals surface area (Å²) < 4.78 is 35.5. The van der Waals surface area contributed by atoms with Crippen LogP contribution >= 0.6 is 0 Å². The maximum atomic E-state index is 11.8. The lowest BCUT2D eigenvalue weighted by Gasteiger charge is -2.10. The number of hydrogen-bond acceptors (Lipinski definition) is 3. The Morgan fingerprint density at radius 3 is 2.50 bits per heavy atom. The molecule has 0 aliphatic carbocycles. The molecule has 1 aromatic rings. The molecule has 0 fully saturated rings. The first-order chi connectivity index (χ1) is 5.41. The summed E-state index contributed by atoms with van der Waals surface area (Å²) in [6.07, 6.45) is -6.36. The first-order valence-electron chi connectivity index (χ1n) is 3.02. The zero-order chi connectivity index (χ0) is 9.35. The fourth-order valence-electron chi connectivity index (χ4n) is 0.654. The van der Waals surface area contributed by atoms with Crippen LogP contribution < -0.4 is 0 Å².